The number of aliphatic hydroxyl groups is 1. The first-order chi connectivity index (χ1) is 24.4. The molecule has 0 aromatic heterocycles. The molecule has 2 aromatic carbocycles. The predicted molar refractivity (Wildman–Crippen MR) is 196 cm³/mol. The summed E-state index contributed by atoms with van der Waals surface area (Å²) in [5, 5.41) is 10.2. The molecule has 7 heteroatoms. The zero-order chi connectivity index (χ0) is 34.7. The molecule has 50 heavy (non-hydrogen) atoms. The Bertz CT molecular complexity index is 1480. The van der Waals surface area contributed by atoms with Crippen molar-refractivity contribution in [2.45, 2.75) is 153 Å². The van der Waals surface area contributed by atoms with Gasteiger partial charge in [-0.2, -0.15) is 0 Å². The third-order valence-electron chi connectivity index (χ3n) is 12.9. The van der Waals surface area contributed by atoms with E-state index < -0.39 is 0 Å². The average molecular weight is 685 g/mol. The number of unbranched alkanes of at least 4 members (excludes halogenated alkanes) is 8. The Balaban J connectivity index is 0.996. The molecule has 7 atom stereocenters. The molecule has 2 unspecified atom stereocenters. The highest BCUT2D eigenvalue weighted by molar-refractivity contribution is 5.77. The molecule has 1 amide bonds. The van der Waals surface area contributed by atoms with Crippen molar-refractivity contribution in [3.05, 3.63) is 59.2 Å². The normalized spacial score (nSPS) is 28.9. The van der Waals surface area contributed by atoms with Crippen LogP contribution < -0.4 is 9.47 Å². The van der Waals surface area contributed by atoms with Crippen molar-refractivity contribution in [1.29, 1.82) is 0 Å². The molecule has 3 fully saturated rings. The Morgan fingerprint density at radius 2 is 1.72 bits per heavy atom. The van der Waals surface area contributed by atoms with Crippen molar-refractivity contribution in [1.82, 2.24) is 9.80 Å². The van der Waals surface area contributed by atoms with Gasteiger partial charge in [-0.05, 0) is 87.4 Å². The highest BCUT2D eigenvalue weighted by atomic mass is 16.6. The summed E-state index contributed by atoms with van der Waals surface area (Å²) in [5.41, 5.74) is 3.83. The van der Waals surface area contributed by atoms with Crippen LogP contribution in [-0.2, 0) is 27.8 Å². The van der Waals surface area contributed by atoms with Gasteiger partial charge in [0, 0.05) is 49.4 Å². The molecule has 3 aliphatic carbocycles. The van der Waals surface area contributed by atoms with Gasteiger partial charge < -0.3 is 19.5 Å². The summed E-state index contributed by atoms with van der Waals surface area (Å²) in [4.78, 5) is 31.2. The van der Waals surface area contributed by atoms with E-state index in [-0.39, 0.29) is 35.5 Å². The van der Waals surface area contributed by atoms with Crippen LogP contribution in [0.25, 0.3) is 0 Å². The van der Waals surface area contributed by atoms with E-state index in [1.165, 1.54) is 68.6 Å². The SMILES string of the molecule is CCCCN(C(=O)CCCCCCCCCCc1ccccc1)[C@@H]1CC[C@H]2[C@H]3Cc4ccc(OC(C)=O)c5c4[C@@]2(CCN3CC2CC2O)[C@H]1O5. The van der Waals surface area contributed by atoms with Crippen molar-refractivity contribution < 1.29 is 24.2 Å². The maximum absolute atomic E-state index is 14.2. The first-order valence-corrected chi connectivity index (χ1v) is 20.2. The second-order valence-electron chi connectivity index (χ2n) is 16.2. The average Bonchev–Trinajstić information content (AvgIpc) is 3.69. The van der Waals surface area contributed by atoms with Crippen LogP contribution in [-0.4, -0.2) is 70.7 Å². The van der Waals surface area contributed by atoms with Crippen LogP contribution in [0, 0.1) is 11.8 Å². The molecular weight excluding hydrogens is 624 g/mol. The Morgan fingerprint density at radius 1 is 0.980 bits per heavy atom. The van der Waals surface area contributed by atoms with Crippen molar-refractivity contribution >= 4 is 11.9 Å². The largest absolute Gasteiger partial charge is 0.483 e. The predicted octanol–water partition coefficient (Wildman–Crippen LogP) is 7.78. The monoisotopic (exact) mass is 684 g/mol. The summed E-state index contributed by atoms with van der Waals surface area (Å²) in [6.45, 7) is 6.38. The van der Waals surface area contributed by atoms with Gasteiger partial charge in [-0.25, -0.2) is 0 Å². The summed E-state index contributed by atoms with van der Waals surface area (Å²) in [6.07, 6.45) is 18.1. The summed E-state index contributed by atoms with van der Waals surface area (Å²) in [7, 11) is 0. The van der Waals surface area contributed by atoms with Gasteiger partial charge in [-0.1, -0.05) is 88.3 Å². The highest BCUT2D eigenvalue weighted by Crippen LogP contribution is 2.64. The molecule has 1 spiro atoms. The van der Waals surface area contributed by atoms with Crippen molar-refractivity contribution in [2.75, 3.05) is 19.6 Å². The second-order valence-corrected chi connectivity index (χ2v) is 16.2. The van der Waals surface area contributed by atoms with E-state index in [2.05, 4.69) is 53.1 Å². The quantitative estimate of drug-likeness (QED) is 0.0982. The Labute approximate surface area is 300 Å². The number of hydrogen-bond donors (Lipinski definition) is 1. The lowest BCUT2D eigenvalue weighted by Crippen LogP contribution is -2.69. The van der Waals surface area contributed by atoms with Gasteiger partial charge in [0.1, 0.15) is 6.10 Å². The number of carbonyl (C=O) groups excluding carboxylic acids is 2. The number of benzene rings is 2. The van der Waals surface area contributed by atoms with Gasteiger partial charge in [-0.3, -0.25) is 14.5 Å². The van der Waals surface area contributed by atoms with Crippen LogP contribution in [0.15, 0.2) is 42.5 Å². The molecule has 1 saturated heterocycles. The van der Waals surface area contributed by atoms with Crippen LogP contribution in [0.2, 0.25) is 0 Å². The summed E-state index contributed by atoms with van der Waals surface area (Å²) in [6, 6.07) is 15.3. The van der Waals surface area contributed by atoms with Gasteiger partial charge in [0.15, 0.2) is 11.5 Å². The maximum Gasteiger partial charge on any atom is 0.308 e. The van der Waals surface area contributed by atoms with E-state index in [4.69, 9.17) is 9.47 Å². The number of likely N-dealkylation sites (tertiary alicyclic amines) is 1. The molecule has 2 aliphatic heterocycles. The molecule has 7 rings (SSSR count). The highest BCUT2D eigenvalue weighted by Gasteiger charge is 2.67. The molecule has 5 aliphatic rings. The molecule has 2 aromatic rings. The van der Waals surface area contributed by atoms with Gasteiger partial charge >= 0.3 is 5.97 Å². The third kappa shape index (κ3) is 7.24. The topological polar surface area (TPSA) is 79.3 Å². The maximum atomic E-state index is 14.2. The third-order valence-corrected chi connectivity index (χ3v) is 12.9. The molecule has 0 radical (unpaired) electrons. The Kier molecular flexibility index (Phi) is 11.2. The summed E-state index contributed by atoms with van der Waals surface area (Å²) in [5.74, 6) is 2.06. The number of aryl methyl sites for hydroxylation is 1. The summed E-state index contributed by atoms with van der Waals surface area (Å²) >= 11 is 0. The number of piperidine rings is 1. The van der Waals surface area contributed by atoms with Crippen LogP contribution >= 0.6 is 0 Å². The number of ether oxygens (including phenoxy) is 2. The molecular formula is C43H60N2O5. The fraction of sp³-hybridized carbons (Fsp3) is 0.674. The molecule has 1 N–H and O–H groups in total. The number of rotatable bonds is 18. The first kappa shape index (κ1) is 35.5. The smallest absolute Gasteiger partial charge is 0.308 e. The zero-order valence-corrected chi connectivity index (χ0v) is 30.6. The van der Waals surface area contributed by atoms with Gasteiger partial charge in [0.25, 0.3) is 0 Å². The summed E-state index contributed by atoms with van der Waals surface area (Å²) < 4.78 is 12.8. The molecule has 7 nitrogen and oxygen atoms in total. The van der Waals surface area contributed by atoms with E-state index in [0.717, 1.165) is 83.2 Å². The van der Waals surface area contributed by atoms with Gasteiger partial charge in [-0.15, -0.1) is 0 Å². The Morgan fingerprint density at radius 3 is 2.44 bits per heavy atom. The molecule has 2 bridgehead atoms. The first-order valence-electron chi connectivity index (χ1n) is 20.2. The van der Waals surface area contributed by atoms with E-state index in [1.54, 1.807) is 0 Å². The fourth-order valence-corrected chi connectivity index (χ4v) is 10.4. The standard InChI is InChI=1S/C43H60N2O5/c1-3-4-25-45(39(48)19-15-10-8-6-5-7-9-12-16-31-17-13-11-14-18-31)35-22-21-34-36-27-32-20-23-38(49-30(2)46)41-40(32)43(34,42(35)50-41)24-26-44(36)29-33-28-37(33)47/h11,13-14,17-18,20,23,33-37,42,47H,3-10,12,15-16,19,21-22,24-29H2,1-2H3/t33?,34-,35+,36+,37?,42-,43-/m0/s1. The van der Waals surface area contributed by atoms with Crippen molar-refractivity contribution in [2.24, 2.45) is 11.8 Å². The van der Waals surface area contributed by atoms with Crippen molar-refractivity contribution in [3.63, 3.8) is 0 Å². The lowest BCUT2D eigenvalue weighted by atomic mass is 9.51. The minimum absolute atomic E-state index is 0.0159. The minimum atomic E-state index is -0.334. The number of amides is 1. The van der Waals surface area contributed by atoms with Crippen molar-refractivity contribution in [3.8, 4) is 11.5 Å². The number of carbonyl (C=O) groups is 2. The Hall–Kier alpha value is -2.90. The molecule has 2 saturated carbocycles. The number of aliphatic hydroxyl groups excluding tert-OH is 1. The number of hydrogen-bond acceptors (Lipinski definition) is 6. The molecule has 272 valence electrons. The minimum Gasteiger partial charge on any atom is -0.483 e. The van der Waals surface area contributed by atoms with Crippen LogP contribution in [0.5, 0.6) is 11.5 Å². The number of esters is 1. The van der Waals surface area contributed by atoms with E-state index in [1.807, 2.05) is 6.07 Å². The van der Waals surface area contributed by atoms with Gasteiger partial charge in [0.2, 0.25) is 5.91 Å². The zero-order valence-electron chi connectivity index (χ0n) is 30.6. The molecule has 2 heterocycles. The fourth-order valence-electron chi connectivity index (χ4n) is 10.4. The van der Waals surface area contributed by atoms with E-state index >= 15 is 0 Å². The van der Waals surface area contributed by atoms with Crippen LogP contribution in [0.3, 0.4) is 0 Å². The second kappa shape index (κ2) is 15.8. The lowest BCUT2D eigenvalue weighted by Gasteiger charge is -2.60. The van der Waals surface area contributed by atoms with E-state index in [0.29, 0.717) is 30.0 Å². The number of nitrogens with zero attached hydrogens (tertiary/aromatic N) is 2. The van der Waals surface area contributed by atoms with Gasteiger partial charge in [0.05, 0.1) is 12.1 Å². The van der Waals surface area contributed by atoms with E-state index in [9.17, 15) is 14.7 Å². The van der Waals surface area contributed by atoms with Crippen LogP contribution in [0.1, 0.15) is 127 Å². The lowest BCUT2D eigenvalue weighted by molar-refractivity contribution is -0.143. The van der Waals surface area contributed by atoms with Crippen LogP contribution in [0.4, 0.5) is 0 Å².